The van der Waals surface area contributed by atoms with Gasteiger partial charge in [0.25, 0.3) is 11.5 Å². The van der Waals surface area contributed by atoms with Crippen molar-refractivity contribution in [2.45, 2.75) is 43.6 Å². The molecule has 7 nitrogen and oxygen atoms in total. The summed E-state index contributed by atoms with van der Waals surface area (Å²) in [6, 6.07) is 1.24. The first-order chi connectivity index (χ1) is 10.6. The highest BCUT2D eigenvalue weighted by atomic mass is 16.2. The second kappa shape index (κ2) is 4.66. The van der Waals surface area contributed by atoms with E-state index in [-0.39, 0.29) is 29.0 Å². The van der Waals surface area contributed by atoms with Crippen LogP contribution >= 0.6 is 0 Å². The maximum atomic E-state index is 12.8. The van der Waals surface area contributed by atoms with E-state index in [9.17, 15) is 14.4 Å². The molecule has 1 aromatic rings. The normalized spacial score (nSPS) is 23.1. The minimum Gasteiger partial charge on any atom is -0.354 e. The van der Waals surface area contributed by atoms with E-state index in [1.54, 1.807) is 4.90 Å². The molecule has 1 aliphatic heterocycles. The van der Waals surface area contributed by atoms with Crippen molar-refractivity contribution in [1.29, 1.82) is 0 Å². The van der Waals surface area contributed by atoms with Gasteiger partial charge in [0.15, 0.2) is 0 Å². The first-order valence-electron chi connectivity index (χ1n) is 7.82. The Labute approximate surface area is 127 Å². The van der Waals surface area contributed by atoms with Crippen LogP contribution in [0.1, 0.15) is 54.3 Å². The zero-order valence-corrected chi connectivity index (χ0v) is 12.2. The Morgan fingerprint density at radius 2 is 2.09 bits per heavy atom. The van der Waals surface area contributed by atoms with E-state index in [1.165, 1.54) is 6.07 Å². The molecule has 1 spiro atoms. The predicted molar refractivity (Wildman–Crippen MR) is 77.5 cm³/mol. The fraction of sp³-hybridized carbons (Fsp3) is 0.600. The SMILES string of the molecule is O=C(c1cc(=O)[nH]c(C2CC2)n1)N1CCCNC(=O)C12CC2. The number of hydrogen-bond donors (Lipinski definition) is 2. The molecule has 0 radical (unpaired) electrons. The van der Waals surface area contributed by atoms with Crippen molar-refractivity contribution in [3.05, 3.63) is 27.9 Å². The van der Waals surface area contributed by atoms with Gasteiger partial charge in [0, 0.05) is 25.1 Å². The van der Waals surface area contributed by atoms with Gasteiger partial charge in [-0.15, -0.1) is 0 Å². The number of aromatic amines is 1. The summed E-state index contributed by atoms with van der Waals surface area (Å²) in [6.45, 7) is 1.10. The van der Waals surface area contributed by atoms with Crippen LogP contribution in [0.2, 0.25) is 0 Å². The lowest BCUT2D eigenvalue weighted by atomic mass is 10.2. The third-order valence-electron chi connectivity index (χ3n) is 4.70. The highest BCUT2D eigenvalue weighted by molar-refractivity contribution is 5.99. The molecule has 4 rings (SSSR count). The summed E-state index contributed by atoms with van der Waals surface area (Å²) in [5.41, 5.74) is -0.853. The predicted octanol–water partition coefficient (Wildman–Crippen LogP) is 0.142. The number of carbonyl (C=O) groups is 2. The average molecular weight is 302 g/mol. The molecule has 0 unspecified atom stereocenters. The van der Waals surface area contributed by atoms with Gasteiger partial charge < -0.3 is 15.2 Å². The third kappa shape index (κ3) is 2.12. The topological polar surface area (TPSA) is 95.2 Å². The third-order valence-corrected chi connectivity index (χ3v) is 4.70. The van der Waals surface area contributed by atoms with Crippen LogP contribution in [0.25, 0.3) is 0 Å². The van der Waals surface area contributed by atoms with Crippen molar-refractivity contribution < 1.29 is 9.59 Å². The Bertz CT molecular complexity index is 703. The number of nitrogens with one attached hydrogen (secondary N) is 2. The molecular weight excluding hydrogens is 284 g/mol. The van der Waals surface area contributed by atoms with Crippen molar-refractivity contribution in [2.24, 2.45) is 0 Å². The first-order valence-corrected chi connectivity index (χ1v) is 7.82. The van der Waals surface area contributed by atoms with Gasteiger partial charge in [-0.05, 0) is 32.1 Å². The Balaban J connectivity index is 1.68. The zero-order valence-electron chi connectivity index (χ0n) is 12.2. The highest BCUT2D eigenvalue weighted by Crippen LogP contribution is 2.43. The maximum Gasteiger partial charge on any atom is 0.273 e. The van der Waals surface area contributed by atoms with Crippen LogP contribution in [0.4, 0.5) is 0 Å². The van der Waals surface area contributed by atoms with Crippen LogP contribution in [-0.4, -0.2) is 45.3 Å². The Kier molecular flexibility index (Phi) is 2.85. The van der Waals surface area contributed by atoms with Crippen molar-refractivity contribution >= 4 is 11.8 Å². The van der Waals surface area contributed by atoms with Crippen molar-refractivity contribution in [1.82, 2.24) is 20.2 Å². The molecule has 0 bridgehead atoms. The quantitative estimate of drug-likeness (QED) is 0.812. The van der Waals surface area contributed by atoms with Crippen molar-refractivity contribution in [2.75, 3.05) is 13.1 Å². The summed E-state index contributed by atoms with van der Waals surface area (Å²) in [6.07, 6.45) is 4.08. The second-order valence-corrected chi connectivity index (χ2v) is 6.39. The van der Waals surface area contributed by atoms with E-state index in [0.29, 0.717) is 31.8 Å². The summed E-state index contributed by atoms with van der Waals surface area (Å²) >= 11 is 0. The average Bonchev–Trinajstić information content (AvgIpc) is 3.38. The van der Waals surface area contributed by atoms with Gasteiger partial charge in [-0.25, -0.2) is 4.98 Å². The Morgan fingerprint density at radius 3 is 2.77 bits per heavy atom. The smallest absolute Gasteiger partial charge is 0.273 e. The lowest BCUT2D eigenvalue weighted by Crippen LogP contribution is -2.49. The molecule has 116 valence electrons. The largest absolute Gasteiger partial charge is 0.354 e. The minimum absolute atomic E-state index is 0.0781. The molecule has 3 fully saturated rings. The lowest BCUT2D eigenvalue weighted by molar-refractivity contribution is -0.126. The van der Waals surface area contributed by atoms with Gasteiger partial charge in [-0.2, -0.15) is 0 Å². The molecule has 2 N–H and O–H groups in total. The first kappa shape index (κ1) is 13.5. The minimum atomic E-state index is -0.711. The summed E-state index contributed by atoms with van der Waals surface area (Å²) in [5, 5.41) is 2.86. The Hall–Kier alpha value is -2.18. The Morgan fingerprint density at radius 1 is 1.32 bits per heavy atom. The molecule has 1 aromatic heterocycles. The van der Waals surface area contributed by atoms with E-state index < -0.39 is 5.54 Å². The number of rotatable bonds is 2. The molecule has 2 aliphatic carbocycles. The molecule has 1 saturated heterocycles. The van der Waals surface area contributed by atoms with Crippen molar-refractivity contribution in [3.63, 3.8) is 0 Å². The van der Waals surface area contributed by atoms with Crippen LogP contribution in [0.5, 0.6) is 0 Å². The summed E-state index contributed by atoms with van der Waals surface area (Å²) in [4.78, 5) is 45.5. The fourth-order valence-corrected chi connectivity index (χ4v) is 3.13. The van der Waals surface area contributed by atoms with Crippen LogP contribution in [0, 0.1) is 0 Å². The number of carbonyl (C=O) groups excluding carboxylic acids is 2. The van der Waals surface area contributed by atoms with E-state index in [0.717, 1.165) is 19.3 Å². The highest BCUT2D eigenvalue weighted by Gasteiger charge is 2.57. The molecule has 3 aliphatic rings. The summed E-state index contributed by atoms with van der Waals surface area (Å²) in [5.74, 6) is 0.482. The molecule has 2 saturated carbocycles. The van der Waals surface area contributed by atoms with E-state index in [4.69, 9.17) is 0 Å². The number of aromatic nitrogens is 2. The van der Waals surface area contributed by atoms with Crippen LogP contribution in [0.15, 0.2) is 10.9 Å². The van der Waals surface area contributed by atoms with E-state index >= 15 is 0 Å². The van der Waals surface area contributed by atoms with E-state index in [2.05, 4.69) is 15.3 Å². The molecular formula is C15H18N4O3. The number of nitrogens with zero attached hydrogens (tertiary/aromatic N) is 2. The fourth-order valence-electron chi connectivity index (χ4n) is 3.13. The van der Waals surface area contributed by atoms with Crippen molar-refractivity contribution in [3.8, 4) is 0 Å². The van der Waals surface area contributed by atoms with Gasteiger partial charge in [-0.1, -0.05) is 0 Å². The van der Waals surface area contributed by atoms with Gasteiger partial charge in [0.1, 0.15) is 17.1 Å². The lowest BCUT2D eigenvalue weighted by Gasteiger charge is -2.28. The summed E-state index contributed by atoms with van der Waals surface area (Å²) in [7, 11) is 0. The number of H-pyrrole nitrogens is 1. The van der Waals surface area contributed by atoms with Gasteiger partial charge in [-0.3, -0.25) is 14.4 Å². The second-order valence-electron chi connectivity index (χ2n) is 6.39. The van der Waals surface area contributed by atoms with Crippen LogP contribution in [0.3, 0.4) is 0 Å². The standard InChI is InChI=1S/C15H18N4O3/c20-11-8-10(17-12(18-11)9-2-3-9)13(21)19-7-1-6-16-14(22)15(19)4-5-15/h8-9H,1-7H2,(H,16,22)(H,17,18,20). The molecule has 7 heteroatoms. The zero-order chi connectivity index (χ0) is 15.3. The molecule has 2 amide bonds. The van der Waals surface area contributed by atoms with Crippen LogP contribution < -0.4 is 10.9 Å². The number of hydrogen-bond acceptors (Lipinski definition) is 4. The van der Waals surface area contributed by atoms with Crippen LogP contribution in [-0.2, 0) is 4.79 Å². The van der Waals surface area contributed by atoms with Gasteiger partial charge >= 0.3 is 0 Å². The van der Waals surface area contributed by atoms with Gasteiger partial charge in [0.05, 0.1) is 0 Å². The van der Waals surface area contributed by atoms with E-state index in [1.807, 2.05) is 0 Å². The monoisotopic (exact) mass is 302 g/mol. The molecule has 2 heterocycles. The molecule has 0 aromatic carbocycles. The maximum absolute atomic E-state index is 12.8. The van der Waals surface area contributed by atoms with Gasteiger partial charge in [0.2, 0.25) is 5.91 Å². The summed E-state index contributed by atoms with van der Waals surface area (Å²) < 4.78 is 0. The number of amides is 2. The molecule has 22 heavy (non-hydrogen) atoms. The molecule has 0 atom stereocenters.